The van der Waals surface area contributed by atoms with Gasteiger partial charge in [-0.15, -0.1) is 0 Å². The van der Waals surface area contributed by atoms with Crippen LogP contribution in [0.2, 0.25) is 0 Å². The summed E-state index contributed by atoms with van der Waals surface area (Å²) < 4.78 is 30.5. The third-order valence-electron chi connectivity index (χ3n) is 4.63. The summed E-state index contributed by atoms with van der Waals surface area (Å²) in [7, 11) is 0. The van der Waals surface area contributed by atoms with Crippen LogP contribution in [0.15, 0.2) is 18.2 Å². The Balaban J connectivity index is 1.55. The molecule has 0 aromatic heterocycles. The van der Waals surface area contributed by atoms with Crippen LogP contribution in [-0.2, 0) is 14.2 Å². The first-order valence-electron chi connectivity index (χ1n) is 9.80. The summed E-state index contributed by atoms with van der Waals surface area (Å²) in [5.41, 5.74) is 0.353. The molecule has 3 rings (SSSR count). The van der Waals surface area contributed by atoms with E-state index in [0.717, 1.165) is 0 Å². The van der Waals surface area contributed by atoms with Crippen molar-refractivity contribution in [2.45, 2.75) is 38.9 Å². The predicted octanol–water partition coefficient (Wildman–Crippen LogP) is 2.90. The van der Waals surface area contributed by atoms with Crippen LogP contribution in [0.3, 0.4) is 0 Å². The zero-order chi connectivity index (χ0) is 21.0. The Labute approximate surface area is 169 Å². The number of hydrogen-bond acceptors (Lipinski definition) is 6. The van der Waals surface area contributed by atoms with Gasteiger partial charge in [-0.2, -0.15) is 0 Å². The summed E-state index contributed by atoms with van der Waals surface area (Å²) in [5.74, 6) is -0.383. The highest BCUT2D eigenvalue weighted by atomic mass is 19.1. The van der Waals surface area contributed by atoms with E-state index >= 15 is 0 Å². The molecule has 8 nitrogen and oxygen atoms in total. The van der Waals surface area contributed by atoms with Crippen molar-refractivity contribution in [3.8, 4) is 0 Å². The summed E-state index contributed by atoms with van der Waals surface area (Å²) in [6, 6.07) is 4.75. The van der Waals surface area contributed by atoms with Crippen LogP contribution in [-0.4, -0.2) is 63.3 Å². The van der Waals surface area contributed by atoms with Crippen molar-refractivity contribution in [3.05, 3.63) is 24.0 Å². The molecule has 0 saturated carbocycles. The number of halogens is 1. The Hall–Kier alpha value is -2.55. The van der Waals surface area contributed by atoms with E-state index in [1.54, 1.807) is 32.9 Å². The van der Waals surface area contributed by atoms with Crippen LogP contribution in [0.25, 0.3) is 0 Å². The van der Waals surface area contributed by atoms with Gasteiger partial charge >= 0.3 is 12.2 Å². The molecule has 160 valence electrons. The minimum absolute atomic E-state index is 0.165. The fraction of sp³-hybridized carbons (Fsp3) is 0.600. The summed E-state index contributed by atoms with van der Waals surface area (Å²) >= 11 is 0. The molecule has 0 bridgehead atoms. The van der Waals surface area contributed by atoms with Crippen molar-refractivity contribution in [2.75, 3.05) is 49.2 Å². The predicted molar refractivity (Wildman–Crippen MR) is 106 cm³/mol. The lowest BCUT2D eigenvalue weighted by atomic mass is 10.1. The normalized spacial score (nSPS) is 20.3. The first-order chi connectivity index (χ1) is 13.7. The Kier molecular flexibility index (Phi) is 6.46. The van der Waals surface area contributed by atoms with Gasteiger partial charge in [-0.05, 0) is 39.0 Å². The minimum Gasteiger partial charge on any atom is -0.444 e. The van der Waals surface area contributed by atoms with E-state index in [0.29, 0.717) is 50.6 Å². The fourth-order valence-corrected chi connectivity index (χ4v) is 3.24. The molecule has 2 amide bonds. The van der Waals surface area contributed by atoms with E-state index < -0.39 is 23.9 Å². The zero-order valence-corrected chi connectivity index (χ0v) is 17.1. The van der Waals surface area contributed by atoms with Gasteiger partial charge < -0.3 is 24.4 Å². The van der Waals surface area contributed by atoms with Crippen molar-refractivity contribution >= 4 is 23.6 Å². The number of nitrogens with one attached hydrogen (secondary N) is 1. The molecule has 1 N–H and O–H groups in total. The van der Waals surface area contributed by atoms with Gasteiger partial charge in [-0.1, -0.05) is 0 Å². The second kappa shape index (κ2) is 8.86. The van der Waals surface area contributed by atoms with Crippen LogP contribution in [0.5, 0.6) is 0 Å². The summed E-state index contributed by atoms with van der Waals surface area (Å²) in [5, 5.41) is 2.60. The molecule has 0 aliphatic carbocycles. The number of alkyl carbamates (subject to hydrolysis) is 1. The number of nitrogens with zero attached hydrogens (tertiary/aromatic N) is 2. The van der Waals surface area contributed by atoms with Crippen LogP contribution < -0.4 is 15.1 Å². The molecule has 2 heterocycles. The monoisotopic (exact) mass is 409 g/mol. The van der Waals surface area contributed by atoms with Gasteiger partial charge in [0.05, 0.1) is 31.1 Å². The average Bonchev–Trinajstić information content (AvgIpc) is 2.66. The van der Waals surface area contributed by atoms with Gasteiger partial charge in [0, 0.05) is 26.1 Å². The highest BCUT2D eigenvalue weighted by Crippen LogP contribution is 2.28. The molecule has 2 aliphatic rings. The van der Waals surface area contributed by atoms with Crippen LogP contribution in [0.4, 0.5) is 25.4 Å². The third-order valence-corrected chi connectivity index (χ3v) is 4.63. The maximum absolute atomic E-state index is 14.6. The molecular weight excluding hydrogens is 381 g/mol. The van der Waals surface area contributed by atoms with Gasteiger partial charge in [0.2, 0.25) is 0 Å². The number of carbonyl (C=O) groups excluding carboxylic acids is 2. The first-order valence-corrected chi connectivity index (χ1v) is 9.80. The van der Waals surface area contributed by atoms with Crippen LogP contribution in [0, 0.1) is 5.82 Å². The van der Waals surface area contributed by atoms with Crippen LogP contribution in [0.1, 0.15) is 27.2 Å². The maximum atomic E-state index is 14.6. The highest BCUT2D eigenvalue weighted by molar-refractivity contribution is 5.88. The van der Waals surface area contributed by atoms with E-state index in [1.165, 1.54) is 11.0 Å². The van der Waals surface area contributed by atoms with Gasteiger partial charge in [0.15, 0.2) is 0 Å². The smallest absolute Gasteiger partial charge is 0.414 e. The maximum Gasteiger partial charge on any atom is 0.414 e. The lowest BCUT2D eigenvalue weighted by Crippen LogP contribution is -2.47. The summed E-state index contributed by atoms with van der Waals surface area (Å²) in [6.45, 7) is 8.26. The number of ether oxygens (including phenoxy) is 3. The molecule has 0 spiro atoms. The van der Waals surface area contributed by atoms with Crippen molar-refractivity contribution in [1.29, 1.82) is 0 Å². The van der Waals surface area contributed by atoms with E-state index in [-0.39, 0.29) is 12.4 Å². The van der Waals surface area contributed by atoms with E-state index in [2.05, 4.69) is 5.32 Å². The second-order valence-corrected chi connectivity index (χ2v) is 8.06. The van der Waals surface area contributed by atoms with E-state index in [1.807, 2.05) is 4.90 Å². The van der Waals surface area contributed by atoms with Gasteiger partial charge in [-0.25, -0.2) is 14.0 Å². The Morgan fingerprint density at radius 1 is 1.28 bits per heavy atom. The quantitative estimate of drug-likeness (QED) is 0.824. The molecule has 2 fully saturated rings. The number of rotatable bonds is 4. The molecule has 9 heteroatoms. The number of hydrogen-bond donors (Lipinski definition) is 1. The van der Waals surface area contributed by atoms with Crippen molar-refractivity contribution < 1.29 is 28.2 Å². The zero-order valence-electron chi connectivity index (χ0n) is 17.1. The lowest BCUT2D eigenvalue weighted by Gasteiger charge is -2.33. The number of cyclic esters (lactones) is 1. The third kappa shape index (κ3) is 5.72. The number of morpholine rings is 1. The molecule has 29 heavy (non-hydrogen) atoms. The SMILES string of the molecule is CC(C)(C)OC(=O)NC[C@H]1CCN(c2ccc(N3CCOCC3)c(F)c2)C(=O)O1. The fourth-order valence-electron chi connectivity index (χ4n) is 3.24. The van der Waals surface area contributed by atoms with E-state index in [9.17, 15) is 14.0 Å². The molecule has 1 atom stereocenters. The Bertz CT molecular complexity index is 746. The molecule has 0 unspecified atom stereocenters. The second-order valence-electron chi connectivity index (χ2n) is 8.06. The number of carbonyl (C=O) groups is 2. The largest absolute Gasteiger partial charge is 0.444 e. The Morgan fingerprint density at radius 2 is 2.00 bits per heavy atom. The topological polar surface area (TPSA) is 80.3 Å². The molecule has 0 radical (unpaired) electrons. The lowest BCUT2D eigenvalue weighted by molar-refractivity contribution is 0.0447. The highest BCUT2D eigenvalue weighted by Gasteiger charge is 2.29. The summed E-state index contributed by atoms with van der Waals surface area (Å²) in [6.07, 6.45) is -1.07. The van der Waals surface area contributed by atoms with Gasteiger partial charge in [-0.3, -0.25) is 4.90 Å². The molecule has 1 aromatic rings. The van der Waals surface area contributed by atoms with Gasteiger partial charge in [0.25, 0.3) is 0 Å². The summed E-state index contributed by atoms with van der Waals surface area (Å²) in [4.78, 5) is 27.4. The van der Waals surface area contributed by atoms with Crippen molar-refractivity contribution in [1.82, 2.24) is 5.32 Å². The minimum atomic E-state index is -0.596. The number of benzene rings is 1. The van der Waals surface area contributed by atoms with E-state index in [4.69, 9.17) is 14.2 Å². The molecule has 1 aromatic carbocycles. The van der Waals surface area contributed by atoms with Crippen molar-refractivity contribution in [2.24, 2.45) is 0 Å². The van der Waals surface area contributed by atoms with Crippen LogP contribution >= 0.6 is 0 Å². The number of amides is 2. The molecule has 2 aliphatic heterocycles. The first kappa shape index (κ1) is 21.2. The number of anilines is 2. The van der Waals surface area contributed by atoms with Crippen molar-refractivity contribution in [3.63, 3.8) is 0 Å². The van der Waals surface area contributed by atoms with Gasteiger partial charge in [0.1, 0.15) is 17.5 Å². The molecular formula is C20H28FN3O5. The Morgan fingerprint density at radius 3 is 2.62 bits per heavy atom. The average molecular weight is 409 g/mol. The standard InChI is InChI=1S/C20H28FN3O5/c1-20(2,3)29-18(25)22-13-15-6-7-24(19(26)28-15)14-4-5-17(16(21)12-14)23-8-10-27-11-9-23/h4-5,12,15H,6-11,13H2,1-3H3,(H,22,25)/t15-/m1/s1. The molecule has 2 saturated heterocycles.